The molecule has 1 unspecified atom stereocenters. The summed E-state index contributed by atoms with van der Waals surface area (Å²) in [6.45, 7) is 0. The van der Waals surface area contributed by atoms with Gasteiger partial charge in [-0.25, -0.2) is 0 Å². The van der Waals surface area contributed by atoms with Crippen LogP contribution in [0.5, 0.6) is 11.5 Å². The molecule has 0 bridgehead atoms. The highest BCUT2D eigenvalue weighted by Crippen LogP contribution is 2.65. The minimum Gasteiger partial charge on any atom is -0.456 e. The van der Waals surface area contributed by atoms with Gasteiger partial charge in [0.25, 0.3) is 0 Å². The van der Waals surface area contributed by atoms with Crippen LogP contribution in [0.3, 0.4) is 0 Å². The van der Waals surface area contributed by atoms with Crippen molar-refractivity contribution in [3.63, 3.8) is 0 Å². The molecule has 1 nitrogen and oxygen atoms in total. The van der Waals surface area contributed by atoms with Crippen LogP contribution in [-0.2, 0) is 5.41 Å². The van der Waals surface area contributed by atoms with E-state index in [1.807, 2.05) is 0 Å². The summed E-state index contributed by atoms with van der Waals surface area (Å²) in [6, 6.07) is 67.2. The van der Waals surface area contributed by atoms with Crippen LogP contribution in [0.4, 0.5) is 0 Å². The lowest BCUT2D eigenvalue weighted by molar-refractivity contribution is 0.487. The molecule has 0 aromatic heterocycles. The largest absolute Gasteiger partial charge is 0.456 e. The van der Waals surface area contributed by atoms with Gasteiger partial charge in [-0.15, -0.1) is 0 Å². The zero-order chi connectivity index (χ0) is 34.0. The van der Waals surface area contributed by atoms with Crippen LogP contribution in [-0.4, -0.2) is 0 Å². The Kier molecular flexibility index (Phi) is 5.49. The van der Waals surface area contributed by atoms with E-state index in [2.05, 4.69) is 182 Å². The highest BCUT2D eigenvalue weighted by Gasteiger charge is 2.52. The SMILES string of the molecule is c1ccc2c(c1)-c1ccc3ccccc3c1C21c2ccccc2-c2c(-c3ccc(-c4ccc5c(c4)-c4cccc6cccc(c46)O5)cc3)cccc21. The van der Waals surface area contributed by atoms with Crippen LogP contribution in [0.1, 0.15) is 22.3 Å². The van der Waals surface area contributed by atoms with Crippen LogP contribution in [0, 0.1) is 0 Å². The molecule has 12 rings (SSSR count). The Morgan fingerprint density at radius 2 is 0.981 bits per heavy atom. The second kappa shape index (κ2) is 10.2. The van der Waals surface area contributed by atoms with Crippen LogP contribution < -0.4 is 4.74 Å². The maximum atomic E-state index is 6.40. The van der Waals surface area contributed by atoms with Crippen molar-refractivity contribution in [2.45, 2.75) is 5.41 Å². The number of ether oxygens (including phenoxy) is 1. The Balaban J connectivity index is 1.03. The lowest BCUT2D eigenvalue weighted by atomic mass is 9.69. The lowest BCUT2D eigenvalue weighted by Crippen LogP contribution is -2.26. The average molecular weight is 659 g/mol. The van der Waals surface area contributed by atoms with Crippen LogP contribution in [0.2, 0.25) is 0 Å². The first kappa shape index (κ1) is 28.0. The molecule has 240 valence electrons. The Bertz CT molecular complexity index is 2980. The molecule has 0 fully saturated rings. The Labute approximate surface area is 302 Å². The van der Waals surface area contributed by atoms with E-state index in [-0.39, 0.29) is 0 Å². The molecule has 3 aliphatic rings. The minimum absolute atomic E-state index is 0.401. The highest BCUT2D eigenvalue weighted by molar-refractivity contribution is 6.07. The lowest BCUT2D eigenvalue weighted by Gasteiger charge is -2.31. The van der Waals surface area contributed by atoms with Gasteiger partial charge >= 0.3 is 0 Å². The summed E-state index contributed by atoms with van der Waals surface area (Å²) in [4.78, 5) is 0. The molecule has 0 saturated carbocycles. The topological polar surface area (TPSA) is 9.23 Å². The van der Waals surface area contributed by atoms with Crippen molar-refractivity contribution in [2.24, 2.45) is 0 Å². The van der Waals surface area contributed by atoms with E-state index in [0.29, 0.717) is 0 Å². The molecular formula is C51H30O. The van der Waals surface area contributed by atoms with Crippen molar-refractivity contribution in [3.8, 4) is 67.1 Å². The predicted molar refractivity (Wildman–Crippen MR) is 214 cm³/mol. The second-order valence-corrected chi connectivity index (χ2v) is 14.3. The fraction of sp³-hybridized carbons (Fsp3) is 0.0196. The van der Waals surface area contributed by atoms with Crippen molar-refractivity contribution in [2.75, 3.05) is 0 Å². The summed E-state index contributed by atoms with van der Waals surface area (Å²) in [5, 5.41) is 4.98. The molecule has 1 heteroatoms. The zero-order valence-electron chi connectivity index (χ0n) is 28.2. The van der Waals surface area contributed by atoms with Crippen molar-refractivity contribution in [3.05, 3.63) is 204 Å². The van der Waals surface area contributed by atoms with Gasteiger partial charge in [-0.05, 0) is 107 Å². The Hall–Kier alpha value is -6.70. The second-order valence-electron chi connectivity index (χ2n) is 14.3. The third-order valence-corrected chi connectivity index (χ3v) is 11.9. The van der Waals surface area contributed by atoms with Crippen molar-refractivity contribution < 1.29 is 4.74 Å². The zero-order valence-corrected chi connectivity index (χ0v) is 28.2. The first-order chi connectivity index (χ1) is 25.8. The third-order valence-electron chi connectivity index (χ3n) is 11.9. The summed E-state index contributed by atoms with van der Waals surface area (Å²) in [6.07, 6.45) is 0. The van der Waals surface area contributed by atoms with Gasteiger partial charge in [0.05, 0.1) is 5.41 Å². The van der Waals surface area contributed by atoms with Gasteiger partial charge in [0.15, 0.2) is 0 Å². The molecule has 9 aromatic carbocycles. The van der Waals surface area contributed by atoms with E-state index in [1.54, 1.807) is 0 Å². The molecular weight excluding hydrogens is 629 g/mol. The Morgan fingerprint density at radius 1 is 0.346 bits per heavy atom. The third kappa shape index (κ3) is 3.52. The summed E-state index contributed by atoms with van der Waals surface area (Å²) in [5.74, 6) is 1.83. The summed E-state index contributed by atoms with van der Waals surface area (Å²) < 4.78 is 6.40. The predicted octanol–water partition coefficient (Wildman–Crippen LogP) is 13.4. The van der Waals surface area contributed by atoms with E-state index in [4.69, 9.17) is 4.74 Å². The normalized spacial score (nSPS) is 15.5. The van der Waals surface area contributed by atoms with Gasteiger partial charge in [-0.2, -0.15) is 0 Å². The van der Waals surface area contributed by atoms with Crippen molar-refractivity contribution in [1.82, 2.24) is 0 Å². The summed E-state index contributed by atoms with van der Waals surface area (Å²) >= 11 is 0. The fourth-order valence-electron chi connectivity index (χ4n) is 9.79. The van der Waals surface area contributed by atoms with E-state index in [9.17, 15) is 0 Å². The monoisotopic (exact) mass is 658 g/mol. The van der Waals surface area contributed by atoms with E-state index >= 15 is 0 Å². The van der Waals surface area contributed by atoms with Crippen molar-refractivity contribution in [1.29, 1.82) is 0 Å². The molecule has 2 aliphatic carbocycles. The van der Waals surface area contributed by atoms with Gasteiger partial charge in [0, 0.05) is 10.9 Å². The number of fused-ring (bicyclic) bond motifs is 14. The number of hydrogen-bond acceptors (Lipinski definition) is 1. The van der Waals surface area contributed by atoms with Crippen LogP contribution in [0.25, 0.3) is 77.2 Å². The van der Waals surface area contributed by atoms with Gasteiger partial charge in [0.2, 0.25) is 0 Å². The summed E-state index contributed by atoms with van der Waals surface area (Å²) in [7, 11) is 0. The number of hydrogen-bond donors (Lipinski definition) is 0. The number of benzene rings is 9. The van der Waals surface area contributed by atoms with E-state index in [1.165, 1.54) is 93.9 Å². The quantitative estimate of drug-likeness (QED) is 0.180. The van der Waals surface area contributed by atoms with Gasteiger partial charge in [0.1, 0.15) is 11.5 Å². The molecule has 0 saturated heterocycles. The highest BCUT2D eigenvalue weighted by atomic mass is 16.5. The van der Waals surface area contributed by atoms with Gasteiger partial charge < -0.3 is 4.74 Å². The average Bonchev–Trinajstić information content (AvgIpc) is 3.69. The molecule has 1 heterocycles. The standard InChI is InChI=1S/C51H30O/c1-2-13-37-32(10-1)26-28-40-38-14-3-5-18-43(38)51(50(37)40)44-19-6-4-15-41(44)49-36(16-9-20-45(49)51)33-24-22-31(23-25-33)35-27-29-46-42(30-35)39-17-7-11-34-12-8-21-47(52-46)48(34)39/h1-30H. The fourth-order valence-corrected chi connectivity index (χ4v) is 9.79. The molecule has 0 N–H and O–H groups in total. The molecule has 52 heavy (non-hydrogen) atoms. The molecule has 1 spiro atoms. The molecule has 0 amide bonds. The van der Waals surface area contributed by atoms with Crippen molar-refractivity contribution >= 4 is 21.5 Å². The minimum atomic E-state index is -0.401. The smallest absolute Gasteiger partial charge is 0.135 e. The van der Waals surface area contributed by atoms with Gasteiger partial charge in [-0.3, -0.25) is 0 Å². The van der Waals surface area contributed by atoms with Crippen LogP contribution >= 0.6 is 0 Å². The first-order valence-electron chi connectivity index (χ1n) is 18.1. The van der Waals surface area contributed by atoms with Crippen LogP contribution in [0.15, 0.2) is 182 Å². The molecule has 0 radical (unpaired) electrons. The molecule has 1 aliphatic heterocycles. The maximum Gasteiger partial charge on any atom is 0.135 e. The van der Waals surface area contributed by atoms with E-state index < -0.39 is 5.41 Å². The van der Waals surface area contributed by atoms with Gasteiger partial charge in [-0.1, -0.05) is 164 Å². The number of rotatable bonds is 2. The molecule has 1 atom stereocenters. The first-order valence-corrected chi connectivity index (χ1v) is 18.1. The summed E-state index contributed by atoms with van der Waals surface area (Å²) in [5.41, 5.74) is 17.6. The maximum absolute atomic E-state index is 6.40. The Morgan fingerprint density at radius 3 is 1.87 bits per heavy atom. The molecule has 9 aromatic rings. The van der Waals surface area contributed by atoms with E-state index in [0.717, 1.165) is 17.1 Å².